The highest BCUT2D eigenvalue weighted by molar-refractivity contribution is 5.95. The van der Waals surface area contributed by atoms with Gasteiger partial charge in [-0.2, -0.15) is 0 Å². The van der Waals surface area contributed by atoms with Crippen molar-refractivity contribution in [2.75, 3.05) is 66.1 Å². The second-order valence-corrected chi connectivity index (χ2v) is 8.46. The molecule has 2 aliphatic heterocycles. The first kappa shape index (κ1) is 25.2. The van der Waals surface area contributed by atoms with E-state index in [-0.39, 0.29) is 6.03 Å². The topological polar surface area (TPSA) is 102 Å². The highest BCUT2D eigenvalue weighted by Crippen LogP contribution is 2.35. The van der Waals surface area contributed by atoms with Crippen LogP contribution in [0.5, 0.6) is 17.2 Å². The minimum atomic E-state index is -0.698. The van der Waals surface area contributed by atoms with Crippen molar-refractivity contribution in [2.45, 2.75) is 6.04 Å². The summed E-state index contributed by atoms with van der Waals surface area (Å²) in [6.07, 6.45) is 0. The molecule has 0 bridgehead atoms. The van der Waals surface area contributed by atoms with Crippen molar-refractivity contribution >= 4 is 17.7 Å². The molecule has 2 aromatic rings. The number of nitrogens with one attached hydrogen (secondary N) is 2. The molecule has 0 unspecified atom stereocenters. The first-order valence-electron chi connectivity index (χ1n) is 11.7. The standard InChI is InChI=1S/C26H32N4O6/c1-33-20-8-6-5-7-19(20)30-13-11-29(12-14-30)16-18-23(25(31)36-4)24(28-26(32)27-18)17-9-10-21(34-2)22(15-17)35-3/h5-10,15,24H,11-14,16H2,1-4H3,(H2,27,28,32)/t24-/m1/s1. The monoisotopic (exact) mass is 496 g/mol. The van der Waals surface area contributed by atoms with Crippen LogP contribution in [-0.4, -0.2) is 78.1 Å². The number of amides is 2. The number of nitrogens with zero attached hydrogens (tertiary/aromatic N) is 2. The third-order valence-electron chi connectivity index (χ3n) is 6.48. The number of carbonyl (C=O) groups excluding carboxylic acids is 2. The summed E-state index contributed by atoms with van der Waals surface area (Å²) in [5.41, 5.74) is 2.62. The van der Waals surface area contributed by atoms with Crippen molar-refractivity contribution in [3.8, 4) is 17.2 Å². The molecule has 2 heterocycles. The van der Waals surface area contributed by atoms with Crippen LogP contribution in [0.15, 0.2) is 53.7 Å². The summed E-state index contributed by atoms with van der Waals surface area (Å²) in [5.74, 6) is 1.38. The third-order valence-corrected chi connectivity index (χ3v) is 6.48. The van der Waals surface area contributed by atoms with Crippen LogP contribution in [0.4, 0.5) is 10.5 Å². The quantitative estimate of drug-likeness (QED) is 0.537. The molecule has 0 saturated carbocycles. The molecule has 2 aromatic carbocycles. The first-order valence-corrected chi connectivity index (χ1v) is 11.7. The predicted octanol–water partition coefficient (Wildman–Crippen LogP) is 2.32. The molecule has 0 radical (unpaired) electrons. The smallest absolute Gasteiger partial charge is 0.338 e. The highest BCUT2D eigenvalue weighted by atomic mass is 16.5. The average molecular weight is 497 g/mol. The van der Waals surface area contributed by atoms with Gasteiger partial charge in [0.05, 0.1) is 45.7 Å². The van der Waals surface area contributed by atoms with E-state index in [1.54, 1.807) is 32.4 Å². The minimum Gasteiger partial charge on any atom is -0.495 e. The molecule has 1 saturated heterocycles. The molecule has 0 aromatic heterocycles. The molecule has 0 aliphatic carbocycles. The molecule has 0 spiro atoms. The van der Waals surface area contributed by atoms with E-state index in [9.17, 15) is 9.59 Å². The molecule has 36 heavy (non-hydrogen) atoms. The minimum absolute atomic E-state index is 0.358. The van der Waals surface area contributed by atoms with E-state index in [2.05, 4.69) is 20.4 Å². The Hall–Kier alpha value is -3.92. The fourth-order valence-corrected chi connectivity index (χ4v) is 4.64. The van der Waals surface area contributed by atoms with E-state index in [0.29, 0.717) is 34.9 Å². The summed E-state index contributed by atoms with van der Waals surface area (Å²) in [5, 5.41) is 5.69. The van der Waals surface area contributed by atoms with Crippen LogP contribution in [0.3, 0.4) is 0 Å². The zero-order valence-electron chi connectivity index (χ0n) is 21.0. The predicted molar refractivity (Wildman–Crippen MR) is 135 cm³/mol. The Morgan fingerprint density at radius 2 is 1.61 bits per heavy atom. The number of urea groups is 1. The molecule has 192 valence electrons. The van der Waals surface area contributed by atoms with Crippen molar-refractivity contribution in [3.05, 3.63) is 59.3 Å². The lowest BCUT2D eigenvalue weighted by atomic mass is 9.94. The summed E-state index contributed by atoms with van der Waals surface area (Å²) in [6, 6.07) is 12.2. The van der Waals surface area contributed by atoms with Gasteiger partial charge in [-0.3, -0.25) is 4.90 Å². The number of hydrogen-bond donors (Lipinski definition) is 2. The number of methoxy groups -OCH3 is 4. The highest BCUT2D eigenvalue weighted by Gasteiger charge is 2.35. The maximum atomic E-state index is 12.9. The maximum Gasteiger partial charge on any atom is 0.338 e. The van der Waals surface area contributed by atoms with Crippen LogP contribution in [0, 0.1) is 0 Å². The van der Waals surface area contributed by atoms with Crippen molar-refractivity contribution in [3.63, 3.8) is 0 Å². The zero-order chi connectivity index (χ0) is 25.7. The van der Waals surface area contributed by atoms with E-state index >= 15 is 0 Å². The number of anilines is 1. The molecule has 2 N–H and O–H groups in total. The van der Waals surface area contributed by atoms with E-state index in [0.717, 1.165) is 37.6 Å². The number of piperazine rings is 1. The van der Waals surface area contributed by atoms with Crippen LogP contribution >= 0.6 is 0 Å². The summed E-state index contributed by atoms with van der Waals surface area (Å²) >= 11 is 0. The molecular weight excluding hydrogens is 464 g/mol. The molecule has 2 amide bonds. The van der Waals surface area contributed by atoms with E-state index < -0.39 is 12.0 Å². The lowest BCUT2D eigenvalue weighted by Crippen LogP contribution is -2.51. The number of carbonyl (C=O) groups is 2. The van der Waals surface area contributed by atoms with Gasteiger partial charge in [0.2, 0.25) is 0 Å². The van der Waals surface area contributed by atoms with Gasteiger partial charge in [-0.15, -0.1) is 0 Å². The molecule has 4 rings (SSSR count). The third kappa shape index (κ3) is 5.18. The fourth-order valence-electron chi connectivity index (χ4n) is 4.64. The van der Waals surface area contributed by atoms with Crippen molar-refractivity contribution < 1.29 is 28.5 Å². The maximum absolute atomic E-state index is 12.9. The largest absolute Gasteiger partial charge is 0.495 e. The van der Waals surface area contributed by atoms with E-state index in [4.69, 9.17) is 18.9 Å². The Morgan fingerprint density at radius 1 is 0.917 bits per heavy atom. The summed E-state index contributed by atoms with van der Waals surface area (Å²) in [4.78, 5) is 30.0. The lowest BCUT2D eigenvalue weighted by Gasteiger charge is -2.38. The van der Waals surface area contributed by atoms with Gasteiger partial charge >= 0.3 is 12.0 Å². The van der Waals surface area contributed by atoms with Crippen molar-refractivity contribution in [2.24, 2.45) is 0 Å². The second-order valence-electron chi connectivity index (χ2n) is 8.46. The van der Waals surface area contributed by atoms with Gasteiger partial charge in [0.1, 0.15) is 5.75 Å². The Kier molecular flexibility index (Phi) is 7.84. The van der Waals surface area contributed by atoms with E-state index in [1.165, 1.54) is 14.2 Å². The Balaban J connectivity index is 1.57. The summed E-state index contributed by atoms with van der Waals surface area (Å²) in [6.45, 7) is 3.47. The van der Waals surface area contributed by atoms with Gasteiger partial charge in [-0.1, -0.05) is 18.2 Å². The Labute approximate surface area is 210 Å². The summed E-state index contributed by atoms with van der Waals surface area (Å²) < 4.78 is 21.4. The van der Waals surface area contributed by atoms with Crippen LogP contribution < -0.4 is 29.7 Å². The number of rotatable bonds is 8. The van der Waals surface area contributed by atoms with Gasteiger partial charge in [0.15, 0.2) is 11.5 Å². The number of benzene rings is 2. The van der Waals surface area contributed by atoms with Gasteiger partial charge < -0.3 is 34.5 Å². The molecule has 2 aliphatic rings. The second kappa shape index (κ2) is 11.2. The number of hydrogen-bond acceptors (Lipinski definition) is 8. The summed E-state index contributed by atoms with van der Waals surface area (Å²) in [7, 11) is 6.09. The molecular formula is C26H32N4O6. The molecule has 1 atom stereocenters. The van der Waals surface area contributed by atoms with Gasteiger partial charge in [-0.05, 0) is 29.8 Å². The molecule has 1 fully saturated rings. The van der Waals surface area contributed by atoms with Gasteiger partial charge in [-0.25, -0.2) is 9.59 Å². The molecule has 10 heteroatoms. The fraction of sp³-hybridized carbons (Fsp3) is 0.385. The number of para-hydroxylation sites is 2. The van der Waals surface area contributed by atoms with Gasteiger partial charge in [0, 0.05) is 38.4 Å². The Bertz CT molecular complexity index is 1140. The van der Waals surface area contributed by atoms with Crippen molar-refractivity contribution in [1.82, 2.24) is 15.5 Å². The Morgan fingerprint density at radius 3 is 2.28 bits per heavy atom. The SMILES string of the molecule is COC(=O)C1=C(CN2CCN(c3ccccc3OC)CC2)NC(=O)N[C@@H]1c1ccc(OC)c(OC)c1. The van der Waals surface area contributed by atoms with Crippen LogP contribution in [-0.2, 0) is 9.53 Å². The van der Waals surface area contributed by atoms with Crippen LogP contribution in [0.25, 0.3) is 0 Å². The number of esters is 1. The van der Waals surface area contributed by atoms with Gasteiger partial charge in [0.25, 0.3) is 0 Å². The van der Waals surface area contributed by atoms with Crippen molar-refractivity contribution in [1.29, 1.82) is 0 Å². The van der Waals surface area contributed by atoms with E-state index in [1.807, 2.05) is 24.3 Å². The zero-order valence-corrected chi connectivity index (χ0v) is 21.0. The van der Waals surface area contributed by atoms with Crippen LogP contribution in [0.1, 0.15) is 11.6 Å². The normalized spacial score (nSPS) is 18.3. The van der Waals surface area contributed by atoms with Crippen LogP contribution in [0.2, 0.25) is 0 Å². The average Bonchev–Trinajstić information content (AvgIpc) is 2.92. The number of ether oxygens (including phenoxy) is 4. The molecule has 10 nitrogen and oxygen atoms in total. The lowest BCUT2D eigenvalue weighted by molar-refractivity contribution is -0.136. The first-order chi connectivity index (χ1) is 17.5.